The average Bonchev–Trinajstić information content (AvgIpc) is 2.48. The summed E-state index contributed by atoms with van der Waals surface area (Å²) in [5, 5.41) is 3.40. The molecule has 1 heterocycles. The first-order valence-corrected chi connectivity index (χ1v) is 8.02. The molecule has 1 atom stereocenters. The van der Waals surface area contributed by atoms with Crippen molar-refractivity contribution < 1.29 is 4.39 Å². The van der Waals surface area contributed by atoms with Gasteiger partial charge in [0.15, 0.2) is 0 Å². The Labute approximate surface area is 122 Å². The molecule has 0 aromatic heterocycles. The zero-order valence-electron chi connectivity index (χ0n) is 12.8. The lowest BCUT2D eigenvalue weighted by atomic mass is 9.97. The minimum absolute atomic E-state index is 0.0684. The first-order valence-electron chi connectivity index (χ1n) is 8.02. The number of piperidine rings is 1. The van der Waals surface area contributed by atoms with Crippen molar-refractivity contribution in [1.29, 1.82) is 0 Å². The van der Waals surface area contributed by atoms with E-state index in [4.69, 9.17) is 0 Å². The summed E-state index contributed by atoms with van der Waals surface area (Å²) in [6.45, 7) is 7.08. The molecule has 1 aliphatic heterocycles. The van der Waals surface area contributed by atoms with E-state index in [9.17, 15) is 4.39 Å². The summed E-state index contributed by atoms with van der Waals surface area (Å²) in [4.78, 5) is 2.31. The van der Waals surface area contributed by atoms with Crippen LogP contribution in [0.4, 0.5) is 10.1 Å². The van der Waals surface area contributed by atoms with Crippen molar-refractivity contribution in [2.45, 2.75) is 58.5 Å². The summed E-state index contributed by atoms with van der Waals surface area (Å²) >= 11 is 0. The molecule has 2 nitrogen and oxygen atoms in total. The lowest BCUT2D eigenvalue weighted by molar-refractivity contribution is 0.441. The van der Waals surface area contributed by atoms with Crippen LogP contribution >= 0.6 is 0 Å². The lowest BCUT2D eigenvalue weighted by Gasteiger charge is -2.38. The van der Waals surface area contributed by atoms with Gasteiger partial charge in [-0.2, -0.15) is 0 Å². The molecule has 1 unspecified atom stereocenters. The predicted octanol–water partition coefficient (Wildman–Crippen LogP) is 4.09. The van der Waals surface area contributed by atoms with Crippen LogP contribution in [0.2, 0.25) is 0 Å². The largest absolute Gasteiger partial charge is 0.366 e. The van der Waals surface area contributed by atoms with E-state index >= 15 is 0 Å². The number of halogens is 1. The molecule has 3 heteroatoms. The molecule has 1 fully saturated rings. The van der Waals surface area contributed by atoms with Crippen LogP contribution in [-0.2, 0) is 6.54 Å². The Kier molecular flexibility index (Phi) is 5.84. The van der Waals surface area contributed by atoms with Gasteiger partial charge in [0.05, 0.1) is 5.69 Å². The van der Waals surface area contributed by atoms with Gasteiger partial charge in [-0.05, 0) is 50.3 Å². The van der Waals surface area contributed by atoms with Crippen molar-refractivity contribution in [3.63, 3.8) is 0 Å². The zero-order valence-corrected chi connectivity index (χ0v) is 12.8. The second-order valence-corrected chi connectivity index (χ2v) is 5.68. The first-order chi connectivity index (χ1) is 9.77. The monoisotopic (exact) mass is 278 g/mol. The molecule has 0 radical (unpaired) electrons. The normalized spacial score (nSPS) is 19.4. The average molecular weight is 278 g/mol. The number of anilines is 1. The summed E-state index contributed by atoms with van der Waals surface area (Å²) in [5.74, 6) is -0.0684. The minimum atomic E-state index is -0.0684. The molecule has 1 aromatic rings. The third kappa shape index (κ3) is 3.51. The van der Waals surface area contributed by atoms with Crippen LogP contribution in [-0.4, -0.2) is 19.1 Å². The molecule has 20 heavy (non-hydrogen) atoms. The molecule has 0 bridgehead atoms. The maximum Gasteiger partial charge on any atom is 0.146 e. The summed E-state index contributed by atoms with van der Waals surface area (Å²) < 4.78 is 14.4. The SMILES string of the molecule is CCCNCc1cccc(F)c1N1CCCCC1CC. The van der Waals surface area contributed by atoms with Crippen LogP contribution in [0.1, 0.15) is 51.5 Å². The number of hydrogen-bond acceptors (Lipinski definition) is 2. The molecule has 112 valence electrons. The Balaban J connectivity index is 2.23. The van der Waals surface area contributed by atoms with Gasteiger partial charge in [-0.1, -0.05) is 26.0 Å². The predicted molar refractivity (Wildman–Crippen MR) is 83.7 cm³/mol. The van der Waals surface area contributed by atoms with E-state index in [-0.39, 0.29) is 5.82 Å². The van der Waals surface area contributed by atoms with Crippen molar-refractivity contribution >= 4 is 5.69 Å². The van der Waals surface area contributed by atoms with Crippen molar-refractivity contribution in [2.24, 2.45) is 0 Å². The summed E-state index contributed by atoms with van der Waals surface area (Å²) in [7, 11) is 0. The van der Waals surface area contributed by atoms with Crippen LogP contribution in [0.15, 0.2) is 18.2 Å². The van der Waals surface area contributed by atoms with Crippen LogP contribution in [0.3, 0.4) is 0 Å². The van der Waals surface area contributed by atoms with Crippen molar-refractivity contribution in [2.75, 3.05) is 18.0 Å². The molecule has 0 amide bonds. The number of nitrogens with one attached hydrogen (secondary N) is 1. The molecular formula is C17H27FN2. The van der Waals surface area contributed by atoms with Gasteiger partial charge in [0, 0.05) is 19.1 Å². The van der Waals surface area contributed by atoms with E-state index in [1.54, 1.807) is 6.07 Å². The topological polar surface area (TPSA) is 15.3 Å². The van der Waals surface area contributed by atoms with Crippen LogP contribution < -0.4 is 10.2 Å². The highest BCUT2D eigenvalue weighted by Gasteiger charge is 2.25. The van der Waals surface area contributed by atoms with Gasteiger partial charge in [-0.15, -0.1) is 0 Å². The van der Waals surface area contributed by atoms with Gasteiger partial charge in [-0.25, -0.2) is 4.39 Å². The smallest absolute Gasteiger partial charge is 0.146 e. The van der Waals surface area contributed by atoms with E-state index in [0.29, 0.717) is 6.04 Å². The standard InChI is InChI=1S/C17H27FN2/c1-3-11-19-13-14-8-7-10-16(18)17(14)20-12-6-5-9-15(20)4-2/h7-8,10,15,19H,3-6,9,11-13H2,1-2H3. The Morgan fingerprint density at radius 1 is 1.30 bits per heavy atom. The van der Waals surface area contributed by atoms with Gasteiger partial charge < -0.3 is 10.2 Å². The van der Waals surface area contributed by atoms with Gasteiger partial charge >= 0.3 is 0 Å². The van der Waals surface area contributed by atoms with Crippen molar-refractivity contribution in [3.05, 3.63) is 29.6 Å². The van der Waals surface area contributed by atoms with Gasteiger partial charge in [0.25, 0.3) is 0 Å². The highest BCUT2D eigenvalue weighted by atomic mass is 19.1. The fourth-order valence-electron chi connectivity index (χ4n) is 3.14. The first kappa shape index (κ1) is 15.3. The maximum absolute atomic E-state index is 14.4. The summed E-state index contributed by atoms with van der Waals surface area (Å²) in [5.41, 5.74) is 1.93. The fourth-order valence-corrected chi connectivity index (χ4v) is 3.14. The molecule has 1 aromatic carbocycles. The highest BCUT2D eigenvalue weighted by molar-refractivity contribution is 5.56. The highest BCUT2D eigenvalue weighted by Crippen LogP contribution is 2.31. The molecule has 0 aliphatic carbocycles. The Morgan fingerprint density at radius 2 is 2.15 bits per heavy atom. The number of benzene rings is 1. The number of para-hydroxylation sites is 1. The van der Waals surface area contributed by atoms with Gasteiger partial charge in [0.1, 0.15) is 5.82 Å². The van der Waals surface area contributed by atoms with Crippen LogP contribution in [0.5, 0.6) is 0 Å². The molecule has 1 saturated heterocycles. The third-order valence-corrected chi connectivity index (χ3v) is 4.20. The second-order valence-electron chi connectivity index (χ2n) is 5.68. The molecule has 2 rings (SSSR count). The van der Waals surface area contributed by atoms with E-state index in [1.807, 2.05) is 6.07 Å². The molecule has 1 aliphatic rings. The molecular weight excluding hydrogens is 251 g/mol. The van der Waals surface area contributed by atoms with Gasteiger partial charge in [-0.3, -0.25) is 0 Å². The quantitative estimate of drug-likeness (QED) is 0.788. The lowest BCUT2D eigenvalue weighted by Crippen LogP contribution is -2.40. The Bertz CT molecular complexity index is 419. The van der Waals surface area contributed by atoms with Crippen LogP contribution in [0, 0.1) is 5.82 Å². The summed E-state index contributed by atoms with van der Waals surface area (Å²) in [6, 6.07) is 5.97. The Morgan fingerprint density at radius 3 is 2.90 bits per heavy atom. The molecule has 0 spiro atoms. The van der Waals surface area contributed by atoms with E-state index in [2.05, 4.69) is 30.1 Å². The van der Waals surface area contributed by atoms with E-state index in [0.717, 1.165) is 43.7 Å². The summed E-state index contributed by atoms with van der Waals surface area (Å²) in [6.07, 6.45) is 5.83. The maximum atomic E-state index is 14.4. The van der Waals surface area contributed by atoms with Gasteiger partial charge in [0.2, 0.25) is 0 Å². The van der Waals surface area contributed by atoms with E-state index in [1.165, 1.54) is 19.3 Å². The van der Waals surface area contributed by atoms with Crippen molar-refractivity contribution in [3.8, 4) is 0 Å². The number of hydrogen-bond donors (Lipinski definition) is 1. The molecule has 1 N–H and O–H groups in total. The second kappa shape index (κ2) is 7.63. The third-order valence-electron chi connectivity index (χ3n) is 4.20. The Hall–Kier alpha value is -1.09. The number of rotatable bonds is 6. The van der Waals surface area contributed by atoms with Crippen LogP contribution in [0.25, 0.3) is 0 Å². The van der Waals surface area contributed by atoms with Crippen molar-refractivity contribution in [1.82, 2.24) is 5.32 Å². The zero-order chi connectivity index (χ0) is 14.4. The van der Waals surface area contributed by atoms with E-state index < -0.39 is 0 Å². The number of nitrogens with zero attached hydrogens (tertiary/aromatic N) is 1. The fraction of sp³-hybridized carbons (Fsp3) is 0.647. The minimum Gasteiger partial charge on any atom is -0.366 e. The molecule has 0 saturated carbocycles.